The van der Waals surface area contributed by atoms with E-state index in [1.165, 1.54) is 11.1 Å². The van der Waals surface area contributed by atoms with Crippen molar-refractivity contribution in [1.82, 2.24) is 15.6 Å². The third kappa shape index (κ3) is 6.26. The van der Waals surface area contributed by atoms with Crippen LogP contribution in [0.1, 0.15) is 38.1 Å². The Labute approximate surface area is 178 Å². The van der Waals surface area contributed by atoms with Crippen LogP contribution in [0.15, 0.2) is 59.6 Å². The maximum atomic E-state index is 10.6. The molecule has 0 fully saturated rings. The third-order valence-electron chi connectivity index (χ3n) is 4.65. The van der Waals surface area contributed by atoms with E-state index in [0.717, 1.165) is 36.3 Å². The maximum Gasteiger partial charge on any atom is 0.191 e. The summed E-state index contributed by atoms with van der Waals surface area (Å²) in [5, 5.41) is 18.4. The van der Waals surface area contributed by atoms with Gasteiger partial charge in [0.15, 0.2) is 5.96 Å². The Morgan fingerprint density at radius 2 is 1.93 bits per heavy atom. The zero-order valence-electron chi connectivity index (χ0n) is 18.0. The monoisotopic (exact) mass is 408 g/mol. The van der Waals surface area contributed by atoms with E-state index >= 15 is 0 Å². The zero-order chi connectivity index (χ0) is 21.3. The number of benzene rings is 2. The highest BCUT2D eigenvalue weighted by molar-refractivity contribution is 5.81. The van der Waals surface area contributed by atoms with Crippen LogP contribution in [-0.2, 0) is 6.42 Å². The van der Waals surface area contributed by atoms with Gasteiger partial charge in [-0.05, 0) is 56.0 Å². The van der Waals surface area contributed by atoms with E-state index in [1.807, 2.05) is 57.2 Å². The number of hydrogen-bond acceptors (Lipinski definition) is 3. The van der Waals surface area contributed by atoms with Crippen LogP contribution in [0.4, 0.5) is 0 Å². The number of para-hydroxylation sites is 1. The van der Waals surface area contributed by atoms with Crippen molar-refractivity contribution in [1.29, 1.82) is 0 Å². The van der Waals surface area contributed by atoms with E-state index in [9.17, 15) is 5.11 Å². The molecule has 0 aliphatic carbocycles. The standard InChI is InChI=1S/C24H32N4O2/c1-4-25-24(26-13-12-20-14-18-8-5-6-11-22(18)28-20)27-16-23(29)19-9-7-10-21(15-19)30-17(2)3/h5-11,14-15,17,23,28-29H,4,12-13,16H2,1-3H3,(H2,25,26,27). The number of aliphatic imine (C=N–C) groups is 1. The minimum atomic E-state index is -0.690. The minimum absolute atomic E-state index is 0.0947. The van der Waals surface area contributed by atoms with Crippen molar-refractivity contribution in [2.24, 2.45) is 4.99 Å². The Morgan fingerprint density at radius 3 is 2.70 bits per heavy atom. The topological polar surface area (TPSA) is 81.7 Å². The average Bonchev–Trinajstić information content (AvgIpc) is 3.14. The van der Waals surface area contributed by atoms with E-state index < -0.39 is 6.10 Å². The first-order valence-corrected chi connectivity index (χ1v) is 10.6. The number of aliphatic hydroxyl groups excluding tert-OH is 1. The molecule has 4 N–H and O–H groups in total. The number of nitrogens with zero attached hydrogens (tertiary/aromatic N) is 1. The van der Waals surface area contributed by atoms with Crippen LogP contribution in [0, 0.1) is 0 Å². The lowest BCUT2D eigenvalue weighted by Crippen LogP contribution is -2.38. The highest BCUT2D eigenvalue weighted by Crippen LogP contribution is 2.20. The summed E-state index contributed by atoms with van der Waals surface area (Å²) in [6.07, 6.45) is 0.262. The first-order valence-electron chi connectivity index (χ1n) is 10.6. The fourth-order valence-electron chi connectivity index (χ4n) is 3.28. The number of rotatable bonds is 9. The zero-order valence-corrected chi connectivity index (χ0v) is 18.0. The fraction of sp³-hybridized carbons (Fsp3) is 0.375. The number of fused-ring (bicyclic) bond motifs is 1. The Balaban J connectivity index is 1.55. The van der Waals surface area contributed by atoms with Crippen LogP contribution < -0.4 is 15.4 Å². The summed E-state index contributed by atoms with van der Waals surface area (Å²) in [6, 6.07) is 18.0. The lowest BCUT2D eigenvalue weighted by Gasteiger charge is -2.15. The molecular formula is C24H32N4O2. The summed E-state index contributed by atoms with van der Waals surface area (Å²) in [7, 11) is 0. The van der Waals surface area contributed by atoms with Crippen LogP contribution >= 0.6 is 0 Å². The van der Waals surface area contributed by atoms with Gasteiger partial charge < -0.3 is 25.5 Å². The summed E-state index contributed by atoms with van der Waals surface area (Å²) in [4.78, 5) is 7.99. The van der Waals surface area contributed by atoms with Gasteiger partial charge in [0.1, 0.15) is 5.75 Å². The van der Waals surface area contributed by atoms with Crippen LogP contribution in [0.2, 0.25) is 0 Å². The van der Waals surface area contributed by atoms with Gasteiger partial charge in [-0.2, -0.15) is 0 Å². The summed E-state index contributed by atoms with van der Waals surface area (Å²) >= 11 is 0. The van der Waals surface area contributed by atoms with Crippen molar-refractivity contribution < 1.29 is 9.84 Å². The molecule has 3 rings (SSSR count). The van der Waals surface area contributed by atoms with Gasteiger partial charge in [-0.25, -0.2) is 0 Å². The van der Waals surface area contributed by atoms with E-state index in [4.69, 9.17) is 4.74 Å². The molecule has 0 saturated heterocycles. The highest BCUT2D eigenvalue weighted by atomic mass is 16.5. The van der Waals surface area contributed by atoms with Crippen molar-refractivity contribution >= 4 is 16.9 Å². The number of aliphatic hydroxyl groups is 1. The number of nitrogens with one attached hydrogen (secondary N) is 3. The first-order chi connectivity index (χ1) is 14.5. The molecule has 6 nitrogen and oxygen atoms in total. The van der Waals surface area contributed by atoms with Crippen LogP contribution in [0.5, 0.6) is 5.75 Å². The van der Waals surface area contributed by atoms with Gasteiger partial charge in [-0.1, -0.05) is 30.3 Å². The van der Waals surface area contributed by atoms with Crippen molar-refractivity contribution in [3.05, 3.63) is 65.9 Å². The van der Waals surface area contributed by atoms with Crippen molar-refractivity contribution in [3.63, 3.8) is 0 Å². The molecule has 1 atom stereocenters. The van der Waals surface area contributed by atoms with E-state index in [0.29, 0.717) is 5.96 Å². The third-order valence-corrected chi connectivity index (χ3v) is 4.65. The molecule has 160 valence electrons. The van der Waals surface area contributed by atoms with Gasteiger partial charge in [-0.3, -0.25) is 4.99 Å². The predicted molar refractivity (Wildman–Crippen MR) is 123 cm³/mol. The Hall–Kier alpha value is -2.99. The Morgan fingerprint density at radius 1 is 1.10 bits per heavy atom. The molecule has 2 aromatic carbocycles. The number of aromatic amines is 1. The van der Waals surface area contributed by atoms with Crippen LogP contribution in [-0.4, -0.2) is 41.8 Å². The number of guanidine groups is 1. The van der Waals surface area contributed by atoms with Gasteiger partial charge in [0.2, 0.25) is 0 Å². The molecule has 0 bridgehead atoms. The molecule has 1 heterocycles. The number of hydrogen-bond donors (Lipinski definition) is 4. The summed E-state index contributed by atoms with van der Waals surface area (Å²) < 4.78 is 5.71. The summed E-state index contributed by atoms with van der Waals surface area (Å²) in [5.74, 6) is 1.45. The molecule has 0 saturated carbocycles. The lowest BCUT2D eigenvalue weighted by atomic mass is 10.1. The maximum absolute atomic E-state index is 10.6. The molecule has 0 amide bonds. The van der Waals surface area contributed by atoms with E-state index in [1.54, 1.807) is 0 Å². The van der Waals surface area contributed by atoms with Crippen molar-refractivity contribution in [2.75, 3.05) is 19.6 Å². The number of aromatic nitrogens is 1. The van der Waals surface area contributed by atoms with Crippen LogP contribution in [0.25, 0.3) is 10.9 Å². The normalized spacial score (nSPS) is 12.9. The van der Waals surface area contributed by atoms with Gasteiger partial charge in [0.25, 0.3) is 0 Å². The summed E-state index contributed by atoms with van der Waals surface area (Å²) in [5.41, 5.74) is 3.13. The molecule has 1 aromatic heterocycles. The van der Waals surface area contributed by atoms with Crippen molar-refractivity contribution in [3.8, 4) is 5.75 Å². The van der Waals surface area contributed by atoms with E-state index in [2.05, 4.69) is 38.8 Å². The van der Waals surface area contributed by atoms with Crippen LogP contribution in [0.3, 0.4) is 0 Å². The van der Waals surface area contributed by atoms with Gasteiger partial charge in [0.05, 0.1) is 18.8 Å². The predicted octanol–water partition coefficient (Wildman–Crippen LogP) is 3.79. The fourth-order valence-corrected chi connectivity index (χ4v) is 3.28. The average molecular weight is 409 g/mol. The second kappa shape index (κ2) is 10.7. The lowest BCUT2D eigenvalue weighted by molar-refractivity contribution is 0.185. The van der Waals surface area contributed by atoms with Gasteiger partial charge in [0, 0.05) is 30.7 Å². The second-order valence-electron chi connectivity index (χ2n) is 7.53. The first kappa shape index (κ1) is 21.7. The molecule has 30 heavy (non-hydrogen) atoms. The molecular weight excluding hydrogens is 376 g/mol. The molecule has 6 heteroatoms. The second-order valence-corrected chi connectivity index (χ2v) is 7.53. The quantitative estimate of drug-likeness (QED) is 0.321. The Bertz CT molecular complexity index is 932. The molecule has 0 radical (unpaired) electrons. The smallest absolute Gasteiger partial charge is 0.191 e. The summed E-state index contributed by atoms with van der Waals surface area (Å²) in [6.45, 7) is 7.76. The SMILES string of the molecule is CCNC(=NCC(O)c1cccc(OC(C)C)c1)NCCc1cc2ccccc2[nH]1. The molecule has 3 aromatic rings. The molecule has 0 aliphatic rings. The highest BCUT2D eigenvalue weighted by Gasteiger charge is 2.09. The number of H-pyrrole nitrogens is 1. The molecule has 0 spiro atoms. The largest absolute Gasteiger partial charge is 0.491 e. The number of ether oxygens (including phenoxy) is 1. The van der Waals surface area contributed by atoms with Gasteiger partial charge >= 0.3 is 0 Å². The van der Waals surface area contributed by atoms with E-state index in [-0.39, 0.29) is 12.6 Å². The van der Waals surface area contributed by atoms with Crippen molar-refractivity contribution in [2.45, 2.75) is 39.4 Å². The molecule has 1 unspecified atom stereocenters. The Kier molecular flexibility index (Phi) is 7.74. The minimum Gasteiger partial charge on any atom is -0.491 e. The molecule has 0 aliphatic heterocycles. The van der Waals surface area contributed by atoms with Gasteiger partial charge in [-0.15, -0.1) is 0 Å².